The fourth-order valence-electron chi connectivity index (χ4n) is 2.56. The summed E-state index contributed by atoms with van der Waals surface area (Å²) < 4.78 is 33.5. The number of methoxy groups -OCH3 is 1. The summed E-state index contributed by atoms with van der Waals surface area (Å²) in [6, 6.07) is 11.3. The molecule has 0 spiro atoms. The van der Waals surface area contributed by atoms with Gasteiger partial charge in [-0.3, -0.25) is 0 Å². The average Bonchev–Trinajstić information content (AvgIpc) is 2.53. The Morgan fingerprint density at radius 3 is 2.25 bits per heavy atom. The molecule has 0 aromatic heterocycles. The Hall–Kier alpha value is -1.85. The number of sulfonamides is 1. The summed E-state index contributed by atoms with van der Waals surface area (Å²) in [4.78, 5) is 0.305. The number of benzene rings is 2. The summed E-state index contributed by atoms with van der Waals surface area (Å²) in [7, 11) is -1.98. The zero-order valence-corrected chi connectivity index (χ0v) is 15.7. The Morgan fingerprint density at radius 2 is 1.71 bits per heavy atom. The molecule has 1 N–H and O–H groups in total. The maximum atomic E-state index is 12.7. The predicted octanol–water partition coefficient (Wildman–Crippen LogP) is 3.91. The number of rotatable bonds is 6. The first kappa shape index (κ1) is 18.5. The molecule has 2 aromatic carbocycles. The fraction of sp³-hybridized carbons (Fsp3) is 0.368. The quantitative estimate of drug-likeness (QED) is 0.862. The Kier molecular flexibility index (Phi) is 5.67. The van der Waals surface area contributed by atoms with Crippen molar-refractivity contribution in [3.05, 3.63) is 58.7 Å². The monoisotopic (exact) mass is 347 g/mol. The van der Waals surface area contributed by atoms with Crippen molar-refractivity contribution in [2.24, 2.45) is 0 Å². The van der Waals surface area contributed by atoms with Crippen LogP contribution in [-0.2, 0) is 16.6 Å². The van der Waals surface area contributed by atoms with Crippen LogP contribution in [0.25, 0.3) is 0 Å². The van der Waals surface area contributed by atoms with Crippen LogP contribution in [0.5, 0.6) is 5.75 Å². The van der Waals surface area contributed by atoms with Crippen molar-refractivity contribution in [3.8, 4) is 5.75 Å². The van der Waals surface area contributed by atoms with E-state index < -0.39 is 10.0 Å². The minimum atomic E-state index is -3.59. The van der Waals surface area contributed by atoms with Gasteiger partial charge in [0.1, 0.15) is 5.75 Å². The number of hydrogen-bond acceptors (Lipinski definition) is 3. The molecule has 0 fully saturated rings. The minimum Gasteiger partial charge on any atom is -0.496 e. The third kappa shape index (κ3) is 4.16. The summed E-state index contributed by atoms with van der Waals surface area (Å²) in [5.74, 6) is 0.895. The van der Waals surface area contributed by atoms with Crippen molar-refractivity contribution in [2.45, 2.75) is 45.1 Å². The molecule has 24 heavy (non-hydrogen) atoms. The van der Waals surface area contributed by atoms with Crippen LogP contribution < -0.4 is 9.46 Å². The summed E-state index contributed by atoms with van der Waals surface area (Å²) in [5, 5.41) is 0. The molecule has 5 heteroatoms. The lowest BCUT2D eigenvalue weighted by Crippen LogP contribution is -2.24. The lowest BCUT2D eigenvalue weighted by atomic mass is 10.0. The molecule has 2 rings (SSSR count). The third-order valence-corrected chi connectivity index (χ3v) is 5.57. The van der Waals surface area contributed by atoms with Gasteiger partial charge in [0, 0.05) is 6.54 Å². The van der Waals surface area contributed by atoms with Crippen molar-refractivity contribution in [2.75, 3.05) is 7.11 Å². The first-order chi connectivity index (χ1) is 11.2. The van der Waals surface area contributed by atoms with E-state index in [1.165, 1.54) is 0 Å². The third-order valence-electron chi connectivity index (χ3n) is 4.03. The highest BCUT2D eigenvalue weighted by atomic mass is 32.2. The van der Waals surface area contributed by atoms with E-state index in [1.807, 2.05) is 45.0 Å². The van der Waals surface area contributed by atoms with Crippen molar-refractivity contribution >= 4 is 10.0 Å². The van der Waals surface area contributed by atoms with E-state index in [0.29, 0.717) is 10.5 Å². The molecule has 0 heterocycles. The van der Waals surface area contributed by atoms with Crippen LogP contribution in [0.4, 0.5) is 0 Å². The zero-order valence-electron chi connectivity index (χ0n) is 14.9. The van der Waals surface area contributed by atoms with E-state index in [4.69, 9.17) is 4.74 Å². The average molecular weight is 347 g/mol. The molecule has 2 aromatic rings. The summed E-state index contributed by atoms with van der Waals surface area (Å²) in [6.45, 7) is 8.09. The second-order valence-electron chi connectivity index (χ2n) is 6.32. The van der Waals surface area contributed by atoms with Gasteiger partial charge in [0.25, 0.3) is 0 Å². The van der Waals surface area contributed by atoms with Gasteiger partial charge in [0.15, 0.2) is 0 Å². The molecule has 0 aliphatic heterocycles. The summed E-state index contributed by atoms with van der Waals surface area (Å²) in [6.07, 6.45) is 0. The van der Waals surface area contributed by atoms with E-state index in [0.717, 1.165) is 22.4 Å². The molecular weight excluding hydrogens is 322 g/mol. The Morgan fingerprint density at radius 1 is 1.08 bits per heavy atom. The summed E-state index contributed by atoms with van der Waals surface area (Å²) >= 11 is 0. The molecule has 0 radical (unpaired) electrons. The van der Waals surface area contributed by atoms with Crippen molar-refractivity contribution in [3.63, 3.8) is 0 Å². The van der Waals surface area contributed by atoms with Crippen LogP contribution in [-0.4, -0.2) is 15.5 Å². The summed E-state index contributed by atoms with van der Waals surface area (Å²) in [5.41, 5.74) is 3.64. The first-order valence-corrected chi connectivity index (χ1v) is 9.46. The maximum absolute atomic E-state index is 12.7. The standard InChI is InChI=1S/C19H25NO3S/c1-13(2)17-11-19(15(4)10-18(17)23-5)24(21,22)20-12-16-8-6-14(3)7-9-16/h6-11,13,20H,12H2,1-5H3. The SMILES string of the molecule is COc1cc(C)c(S(=O)(=O)NCc2ccc(C)cc2)cc1C(C)C. The normalized spacial score (nSPS) is 11.8. The molecule has 0 bridgehead atoms. The maximum Gasteiger partial charge on any atom is 0.241 e. The number of hydrogen-bond donors (Lipinski definition) is 1. The molecule has 130 valence electrons. The van der Waals surface area contributed by atoms with Crippen LogP contribution in [0.15, 0.2) is 41.3 Å². The van der Waals surface area contributed by atoms with Gasteiger partial charge in [-0.25, -0.2) is 13.1 Å². The highest BCUT2D eigenvalue weighted by Gasteiger charge is 2.20. The van der Waals surface area contributed by atoms with Gasteiger partial charge in [-0.2, -0.15) is 0 Å². The molecular formula is C19H25NO3S. The smallest absolute Gasteiger partial charge is 0.241 e. The van der Waals surface area contributed by atoms with Gasteiger partial charge in [-0.05, 0) is 48.6 Å². The first-order valence-electron chi connectivity index (χ1n) is 7.98. The highest BCUT2D eigenvalue weighted by Crippen LogP contribution is 2.31. The molecule has 0 aliphatic carbocycles. The van der Waals surface area contributed by atoms with E-state index in [2.05, 4.69) is 4.72 Å². The number of aryl methyl sites for hydroxylation is 2. The van der Waals surface area contributed by atoms with Gasteiger partial charge < -0.3 is 4.74 Å². The lowest BCUT2D eigenvalue weighted by molar-refractivity contribution is 0.406. The topological polar surface area (TPSA) is 55.4 Å². The molecule has 0 amide bonds. The largest absolute Gasteiger partial charge is 0.496 e. The molecule has 0 saturated heterocycles. The van der Waals surface area contributed by atoms with Crippen molar-refractivity contribution in [1.29, 1.82) is 0 Å². The number of nitrogens with one attached hydrogen (secondary N) is 1. The van der Waals surface area contributed by atoms with Gasteiger partial charge in [0.05, 0.1) is 12.0 Å². The van der Waals surface area contributed by atoms with Gasteiger partial charge in [0.2, 0.25) is 10.0 Å². The predicted molar refractivity (Wildman–Crippen MR) is 97.0 cm³/mol. The van der Waals surface area contributed by atoms with Gasteiger partial charge in [-0.15, -0.1) is 0 Å². The molecule has 4 nitrogen and oxygen atoms in total. The minimum absolute atomic E-state index is 0.173. The molecule has 0 unspecified atom stereocenters. The molecule has 0 aliphatic rings. The second-order valence-corrected chi connectivity index (χ2v) is 8.06. The Labute approximate surface area is 144 Å². The molecule has 0 atom stereocenters. The van der Waals surface area contributed by atoms with Gasteiger partial charge in [-0.1, -0.05) is 43.7 Å². The van der Waals surface area contributed by atoms with E-state index >= 15 is 0 Å². The van der Waals surface area contributed by atoms with Crippen LogP contribution in [0, 0.1) is 13.8 Å². The van der Waals surface area contributed by atoms with E-state index in [9.17, 15) is 8.42 Å². The zero-order chi connectivity index (χ0) is 17.9. The second kappa shape index (κ2) is 7.36. The van der Waals surface area contributed by atoms with Crippen LogP contribution >= 0.6 is 0 Å². The van der Waals surface area contributed by atoms with E-state index in [-0.39, 0.29) is 12.5 Å². The Balaban J connectivity index is 2.31. The van der Waals surface area contributed by atoms with Crippen LogP contribution in [0.3, 0.4) is 0 Å². The van der Waals surface area contributed by atoms with Crippen molar-refractivity contribution in [1.82, 2.24) is 4.72 Å². The van der Waals surface area contributed by atoms with Crippen LogP contribution in [0.1, 0.15) is 42.0 Å². The lowest BCUT2D eigenvalue weighted by Gasteiger charge is -2.16. The fourth-order valence-corrected chi connectivity index (χ4v) is 3.83. The highest BCUT2D eigenvalue weighted by molar-refractivity contribution is 7.89. The van der Waals surface area contributed by atoms with Crippen molar-refractivity contribution < 1.29 is 13.2 Å². The Bertz CT molecular complexity index is 809. The van der Waals surface area contributed by atoms with Gasteiger partial charge >= 0.3 is 0 Å². The molecule has 0 saturated carbocycles. The van der Waals surface area contributed by atoms with Crippen LogP contribution in [0.2, 0.25) is 0 Å². The van der Waals surface area contributed by atoms with E-state index in [1.54, 1.807) is 26.2 Å². The number of ether oxygens (including phenoxy) is 1.